The lowest BCUT2D eigenvalue weighted by atomic mass is 9.81. The lowest BCUT2D eigenvalue weighted by Crippen LogP contribution is -2.43. The fraction of sp³-hybridized carbons (Fsp3) is 0.556. The SMILES string of the molecule is COCC(=O)N1C[C@@H]2CN(C(=O)Cc3csc(C(C)=O)c3)C[C@]2(C(=O)O)C1. The standard InChI is InChI=1S/C18H22N2O6S/c1-11(21)14-3-12(8-27-14)4-15(22)19-5-13-6-20(16(23)7-26-2)10-18(13,9-19)17(24)25/h3,8,13H,4-7,9-10H2,1-2H3,(H,24,25)/t13-,18-/m0/s1. The number of carbonyl (C=O) groups excluding carboxylic acids is 3. The Morgan fingerprint density at radius 3 is 2.33 bits per heavy atom. The quantitative estimate of drug-likeness (QED) is 0.705. The number of thiophene rings is 1. The van der Waals surface area contributed by atoms with Crippen molar-refractivity contribution in [2.75, 3.05) is 39.9 Å². The molecular weight excluding hydrogens is 372 g/mol. The van der Waals surface area contributed by atoms with Crippen LogP contribution in [0.4, 0.5) is 0 Å². The van der Waals surface area contributed by atoms with Crippen LogP contribution in [-0.4, -0.2) is 78.4 Å². The van der Waals surface area contributed by atoms with Gasteiger partial charge in [0.2, 0.25) is 11.8 Å². The Bertz CT molecular complexity index is 791. The molecule has 1 N–H and O–H groups in total. The average molecular weight is 394 g/mol. The Morgan fingerprint density at radius 2 is 1.85 bits per heavy atom. The smallest absolute Gasteiger partial charge is 0.313 e. The Kier molecular flexibility index (Phi) is 5.34. The third-order valence-electron chi connectivity index (χ3n) is 5.36. The van der Waals surface area contributed by atoms with Gasteiger partial charge in [0.15, 0.2) is 5.78 Å². The summed E-state index contributed by atoms with van der Waals surface area (Å²) in [5, 5.41) is 11.6. The van der Waals surface area contributed by atoms with Gasteiger partial charge in [-0.05, 0) is 23.9 Å². The van der Waals surface area contributed by atoms with E-state index in [-0.39, 0.29) is 49.6 Å². The van der Waals surface area contributed by atoms with Crippen LogP contribution in [0.15, 0.2) is 11.4 Å². The summed E-state index contributed by atoms with van der Waals surface area (Å²) in [5.74, 6) is -1.71. The van der Waals surface area contributed by atoms with Gasteiger partial charge in [-0.3, -0.25) is 19.2 Å². The predicted molar refractivity (Wildman–Crippen MR) is 96.6 cm³/mol. The molecule has 1 aromatic heterocycles. The number of fused-ring (bicyclic) bond motifs is 1. The maximum absolute atomic E-state index is 12.7. The van der Waals surface area contributed by atoms with Gasteiger partial charge < -0.3 is 19.6 Å². The van der Waals surface area contributed by atoms with Gasteiger partial charge in [0.05, 0.1) is 11.3 Å². The van der Waals surface area contributed by atoms with E-state index in [1.165, 1.54) is 30.3 Å². The number of nitrogens with zero attached hydrogens (tertiary/aromatic N) is 2. The van der Waals surface area contributed by atoms with Crippen molar-refractivity contribution in [3.05, 3.63) is 21.9 Å². The summed E-state index contributed by atoms with van der Waals surface area (Å²) in [7, 11) is 1.42. The number of carbonyl (C=O) groups is 4. The number of methoxy groups -OCH3 is 1. The zero-order valence-corrected chi connectivity index (χ0v) is 16.1. The molecule has 8 nitrogen and oxygen atoms in total. The molecule has 2 atom stereocenters. The molecule has 0 bridgehead atoms. The molecule has 0 saturated carbocycles. The zero-order chi connectivity index (χ0) is 19.8. The van der Waals surface area contributed by atoms with Crippen LogP contribution in [0.25, 0.3) is 0 Å². The molecule has 3 heterocycles. The lowest BCUT2D eigenvalue weighted by molar-refractivity contribution is -0.149. The van der Waals surface area contributed by atoms with Gasteiger partial charge >= 0.3 is 5.97 Å². The van der Waals surface area contributed by atoms with E-state index in [0.717, 1.165) is 5.56 Å². The molecular formula is C18H22N2O6S. The van der Waals surface area contributed by atoms with E-state index in [9.17, 15) is 24.3 Å². The minimum atomic E-state index is -1.13. The summed E-state index contributed by atoms with van der Waals surface area (Å²) in [6.07, 6.45) is 0.137. The number of ketones is 1. The molecule has 2 aliphatic rings. The molecule has 0 unspecified atom stereocenters. The first kappa shape index (κ1) is 19.5. The van der Waals surface area contributed by atoms with Crippen LogP contribution in [0.2, 0.25) is 0 Å². The second-order valence-electron chi connectivity index (χ2n) is 7.19. The van der Waals surface area contributed by atoms with Crippen molar-refractivity contribution in [1.82, 2.24) is 9.80 Å². The molecule has 3 rings (SSSR count). The van der Waals surface area contributed by atoms with Crippen molar-refractivity contribution in [3.8, 4) is 0 Å². The number of Topliss-reactive ketones (excluding diaryl/α,β-unsaturated/α-hetero) is 1. The van der Waals surface area contributed by atoms with Gasteiger partial charge in [0.25, 0.3) is 0 Å². The Hall–Kier alpha value is -2.26. The van der Waals surface area contributed by atoms with Crippen molar-refractivity contribution in [3.63, 3.8) is 0 Å². The summed E-state index contributed by atoms with van der Waals surface area (Å²) in [4.78, 5) is 51.8. The van der Waals surface area contributed by atoms with Crippen LogP contribution in [0, 0.1) is 11.3 Å². The van der Waals surface area contributed by atoms with Crippen molar-refractivity contribution in [2.45, 2.75) is 13.3 Å². The molecule has 2 aliphatic heterocycles. The van der Waals surface area contributed by atoms with Gasteiger partial charge in [0, 0.05) is 39.2 Å². The minimum Gasteiger partial charge on any atom is -0.481 e. The topological polar surface area (TPSA) is 104 Å². The summed E-state index contributed by atoms with van der Waals surface area (Å²) < 4.78 is 4.85. The van der Waals surface area contributed by atoms with Gasteiger partial charge in [-0.15, -0.1) is 11.3 Å². The van der Waals surface area contributed by atoms with Crippen molar-refractivity contribution >= 4 is 34.9 Å². The first-order valence-corrected chi connectivity index (χ1v) is 9.51. The highest BCUT2D eigenvalue weighted by Gasteiger charge is 2.59. The van der Waals surface area contributed by atoms with Gasteiger partial charge in [-0.2, -0.15) is 0 Å². The fourth-order valence-electron chi connectivity index (χ4n) is 3.90. The van der Waals surface area contributed by atoms with E-state index >= 15 is 0 Å². The van der Waals surface area contributed by atoms with E-state index in [2.05, 4.69) is 0 Å². The van der Waals surface area contributed by atoms with E-state index in [0.29, 0.717) is 18.0 Å². The molecule has 2 amide bonds. The highest BCUT2D eigenvalue weighted by atomic mass is 32.1. The molecule has 1 aromatic rings. The minimum absolute atomic E-state index is 0.0416. The molecule has 9 heteroatoms. The van der Waals surface area contributed by atoms with Crippen molar-refractivity contribution in [1.29, 1.82) is 0 Å². The van der Waals surface area contributed by atoms with Crippen LogP contribution in [0.1, 0.15) is 22.2 Å². The third-order valence-corrected chi connectivity index (χ3v) is 6.44. The van der Waals surface area contributed by atoms with Crippen molar-refractivity contribution < 1.29 is 29.0 Å². The number of aliphatic carboxylic acids is 1. The number of carboxylic acid groups (broad SMARTS) is 1. The summed E-state index contributed by atoms with van der Waals surface area (Å²) in [6, 6.07) is 1.71. The first-order valence-electron chi connectivity index (χ1n) is 8.63. The maximum atomic E-state index is 12.7. The highest BCUT2D eigenvalue weighted by molar-refractivity contribution is 7.12. The molecule has 2 fully saturated rings. The Balaban J connectivity index is 1.69. The van der Waals surface area contributed by atoms with Crippen LogP contribution in [-0.2, 0) is 25.5 Å². The molecule has 0 spiro atoms. The normalized spacial score (nSPS) is 24.1. The monoisotopic (exact) mass is 394 g/mol. The van der Waals surface area contributed by atoms with Crippen molar-refractivity contribution in [2.24, 2.45) is 11.3 Å². The van der Waals surface area contributed by atoms with Crippen LogP contribution in [0.5, 0.6) is 0 Å². The summed E-state index contributed by atoms with van der Waals surface area (Å²) in [5.41, 5.74) is -0.369. The van der Waals surface area contributed by atoms with Gasteiger partial charge in [-0.1, -0.05) is 0 Å². The summed E-state index contributed by atoms with van der Waals surface area (Å²) >= 11 is 1.30. The number of ether oxygens (including phenoxy) is 1. The van der Waals surface area contributed by atoms with Crippen LogP contribution >= 0.6 is 11.3 Å². The van der Waals surface area contributed by atoms with E-state index in [1.54, 1.807) is 16.3 Å². The zero-order valence-electron chi connectivity index (χ0n) is 15.3. The number of hydrogen-bond acceptors (Lipinski definition) is 6. The fourth-order valence-corrected chi connectivity index (χ4v) is 4.72. The van der Waals surface area contributed by atoms with Crippen LogP contribution in [0.3, 0.4) is 0 Å². The number of likely N-dealkylation sites (tertiary alicyclic amines) is 2. The second-order valence-corrected chi connectivity index (χ2v) is 8.10. The lowest BCUT2D eigenvalue weighted by Gasteiger charge is -2.25. The molecule has 0 aromatic carbocycles. The van der Waals surface area contributed by atoms with Crippen LogP contribution < -0.4 is 0 Å². The Morgan fingerprint density at radius 1 is 1.22 bits per heavy atom. The molecule has 146 valence electrons. The average Bonchev–Trinajstić information content (AvgIpc) is 3.27. The number of carboxylic acids is 1. The molecule has 0 aliphatic carbocycles. The Labute approximate surface area is 160 Å². The number of hydrogen-bond donors (Lipinski definition) is 1. The van der Waals surface area contributed by atoms with E-state index in [4.69, 9.17) is 4.74 Å². The largest absolute Gasteiger partial charge is 0.481 e. The number of rotatable bonds is 6. The predicted octanol–water partition coefficient (Wildman–Crippen LogP) is 0.511. The highest BCUT2D eigenvalue weighted by Crippen LogP contribution is 2.43. The maximum Gasteiger partial charge on any atom is 0.313 e. The van der Waals surface area contributed by atoms with Gasteiger partial charge in [-0.25, -0.2) is 0 Å². The van der Waals surface area contributed by atoms with E-state index in [1.807, 2.05) is 0 Å². The third kappa shape index (κ3) is 3.61. The van der Waals surface area contributed by atoms with E-state index < -0.39 is 11.4 Å². The molecule has 0 radical (unpaired) electrons. The second kappa shape index (κ2) is 7.40. The molecule has 2 saturated heterocycles. The van der Waals surface area contributed by atoms with Gasteiger partial charge in [0.1, 0.15) is 12.0 Å². The first-order chi connectivity index (χ1) is 12.8. The molecule has 27 heavy (non-hydrogen) atoms. The summed E-state index contributed by atoms with van der Waals surface area (Å²) in [6.45, 7) is 2.20. The number of amides is 2.